The van der Waals surface area contributed by atoms with Gasteiger partial charge in [-0.05, 0) is 44.5 Å². The Morgan fingerprint density at radius 2 is 2.00 bits per heavy atom. The van der Waals surface area contributed by atoms with Crippen molar-refractivity contribution in [3.05, 3.63) is 54.9 Å². The first-order valence-corrected chi connectivity index (χ1v) is 9.07. The average molecular weight is 396 g/mol. The lowest BCUT2D eigenvalue weighted by molar-refractivity contribution is -0.116. The van der Waals surface area contributed by atoms with Crippen LogP contribution in [0.1, 0.15) is 16.3 Å². The second kappa shape index (κ2) is 6.78. The third-order valence-corrected chi connectivity index (χ3v) is 5.65. The minimum Gasteiger partial charge on any atom is -0.323 e. The number of nitrogens with one attached hydrogen (secondary N) is 1. The van der Waals surface area contributed by atoms with Crippen LogP contribution in [0.4, 0.5) is 5.69 Å². The lowest BCUT2D eigenvalue weighted by Gasteiger charge is -2.11. The number of halogens is 2. The first-order valence-electron chi connectivity index (χ1n) is 7.50. The Balaban J connectivity index is 1.95. The van der Waals surface area contributed by atoms with E-state index in [4.69, 9.17) is 23.2 Å². The fourth-order valence-electron chi connectivity index (χ4n) is 2.54. The number of benzene rings is 1. The second-order valence-electron chi connectivity index (χ2n) is 5.69. The fraction of sp³-hybridized carbons (Fsp3) is 0.235. The van der Waals surface area contributed by atoms with Gasteiger partial charge in [-0.25, -0.2) is 4.98 Å². The molecule has 0 aliphatic carbocycles. The van der Waals surface area contributed by atoms with Crippen LogP contribution in [0.15, 0.2) is 23.0 Å². The largest absolute Gasteiger partial charge is 0.323 e. The highest BCUT2D eigenvalue weighted by molar-refractivity contribution is 7.18. The van der Waals surface area contributed by atoms with E-state index in [1.807, 2.05) is 13.8 Å². The minimum atomic E-state index is -0.375. The summed E-state index contributed by atoms with van der Waals surface area (Å²) in [7, 11) is 0. The van der Waals surface area contributed by atoms with E-state index in [9.17, 15) is 9.59 Å². The van der Waals surface area contributed by atoms with Crippen LogP contribution in [-0.4, -0.2) is 15.5 Å². The fourth-order valence-corrected chi connectivity index (χ4v) is 3.94. The van der Waals surface area contributed by atoms with E-state index in [1.54, 1.807) is 25.1 Å². The predicted octanol–water partition coefficient (Wildman–Crippen LogP) is 4.33. The molecule has 0 bridgehead atoms. The minimum absolute atomic E-state index is 0.148. The molecule has 3 rings (SSSR count). The summed E-state index contributed by atoms with van der Waals surface area (Å²) in [6.45, 7) is 5.41. The zero-order chi connectivity index (χ0) is 18.3. The number of fused-ring (bicyclic) bond motifs is 1. The molecule has 2 heterocycles. The quantitative estimate of drug-likeness (QED) is 0.717. The molecular formula is C17H15Cl2N3O2S. The number of nitrogens with zero attached hydrogens (tertiary/aromatic N) is 2. The van der Waals surface area contributed by atoms with Crippen molar-refractivity contribution in [2.75, 3.05) is 5.32 Å². The van der Waals surface area contributed by atoms with Crippen molar-refractivity contribution in [3.63, 3.8) is 0 Å². The highest BCUT2D eigenvalue weighted by Gasteiger charge is 2.16. The van der Waals surface area contributed by atoms with Gasteiger partial charge in [0.2, 0.25) is 5.91 Å². The van der Waals surface area contributed by atoms with Crippen LogP contribution < -0.4 is 10.9 Å². The Morgan fingerprint density at radius 1 is 1.28 bits per heavy atom. The summed E-state index contributed by atoms with van der Waals surface area (Å²) >= 11 is 13.5. The Morgan fingerprint density at radius 3 is 2.72 bits per heavy atom. The van der Waals surface area contributed by atoms with Gasteiger partial charge >= 0.3 is 0 Å². The molecule has 3 aromatic rings. The molecule has 8 heteroatoms. The molecule has 0 saturated heterocycles. The number of hydrogen-bond acceptors (Lipinski definition) is 4. The van der Waals surface area contributed by atoms with Crippen molar-refractivity contribution >= 4 is 56.3 Å². The molecule has 5 nitrogen and oxygen atoms in total. The van der Waals surface area contributed by atoms with Gasteiger partial charge in [-0.3, -0.25) is 14.2 Å². The van der Waals surface area contributed by atoms with E-state index in [1.165, 1.54) is 15.9 Å². The van der Waals surface area contributed by atoms with Gasteiger partial charge in [0.05, 0.1) is 16.1 Å². The Hall–Kier alpha value is -1.89. The number of aryl methyl sites for hydroxylation is 3. The number of anilines is 1. The summed E-state index contributed by atoms with van der Waals surface area (Å²) in [6.07, 6.45) is 0. The van der Waals surface area contributed by atoms with Crippen LogP contribution in [0.3, 0.4) is 0 Å². The SMILES string of the molecule is Cc1sc2nc(C)n(CC(=O)Nc3cc(Cl)ccc3Cl)c(=O)c2c1C. The molecule has 1 amide bonds. The van der Waals surface area contributed by atoms with Crippen LogP contribution in [0, 0.1) is 20.8 Å². The van der Waals surface area contributed by atoms with Crippen LogP contribution >= 0.6 is 34.5 Å². The van der Waals surface area contributed by atoms with Gasteiger partial charge in [0, 0.05) is 9.90 Å². The Kier molecular flexibility index (Phi) is 4.86. The summed E-state index contributed by atoms with van der Waals surface area (Å²) in [5.74, 6) is 0.117. The summed E-state index contributed by atoms with van der Waals surface area (Å²) < 4.78 is 1.37. The summed E-state index contributed by atoms with van der Waals surface area (Å²) in [5.41, 5.74) is 1.10. The van der Waals surface area contributed by atoms with Gasteiger partial charge in [-0.1, -0.05) is 23.2 Å². The smallest absolute Gasteiger partial charge is 0.263 e. The number of amides is 1. The van der Waals surface area contributed by atoms with Crippen molar-refractivity contribution in [2.45, 2.75) is 27.3 Å². The summed E-state index contributed by atoms with van der Waals surface area (Å²) in [5, 5.41) is 4.09. The molecule has 0 atom stereocenters. The Labute approximate surface area is 158 Å². The number of aromatic nitrogens is 2. The Bertz CT molecular complexity index is 1060. The molecule has 2 aromatic heterocycles. The molecular weight excluding hydrogens is 381 g/mol. The average Bonchev–Trinajstić information content (AvgIpc) is 2.82. The van der Waals surface area contributed by atoms with E-state index in [2.05, 4.69) is 10.3 Å². The monoisotopic (exact) mass is 395 g/mol. The lowest BCUT2D eigenvalue weighted by atomic mass is 10.2. The van der Waals surface area contributed by atoms with Crippen molar-refractivity contribution in [1.29, 1.82) is 0 Å². The van der Waals surface area contributed by atoms with Gasteiger partial charge < -0.3 is 5.32 Å². The van der Waals surface area contributed by atoms with Crippen LogP contribution in [0.5, 0.6) is 0 Å². The summed E-state index contributed by atoms with van der Waals surface area (Å²) in [6, 6.07) is 4.79. The molecule has 1 aromatic carbocycles. The van der Waals surface area contributed by atoms with E-state index >= 15 is 0 Å². The van der Waals surface area contributed by atoms with E-state index < -0.39 is 0 Å². The van der Waals surface area contributed by atoms with Crippen LogP contribution in [-0.2, 0) is 11.3 Å². The maximum atomic E-state index is 12.8. The first-order chi connectivity index (χ1) is 11.8. The van der Waals surface area contributed by atoms with Crippen molar-refractivity contribution in [3.8, 4) is 0 Å². The molecule has 0 radical (unpaired) electrons. The van der Waals surface area contributed by atoms with Crippen molar-refractivity contribution in [1.82, 2.24) is 9.55 Å². The second-order valence-corrected chi connectivity index (χ2v) is 7.73. The number of thiophene rings is 1. The maximum absolute atomic E-state index is 12.8. The molecule has 25 heavy (non-hydrogen) atoms. The predicted molar refractivity (Wildman–Crippen MR) is 103 cm³/mol. The van der Waals surface area contributed by atoms with Gasteiger partial charge in [-0.2, -0.15) is 0 Å². The van der Waals surface area contributed by atoms with Crippen LogP contribution in [0.25, 0.3) is 10.2 Å². The number of carbonyl (C=O) groups excluding carboxylic acids is 1. The summed E-state index contributed by atoms with van der Waals surface area (Å²) in [4.78, 5) is 31.4. The topological polar surface area (TPSA) is 64.0 Å². The highest BCUT2D eigenvalue weighted by Crippen LogP contribution is 2.27. The van der Waals surface area contributed by atoms with Crippen molar-refractivity contribution in [2.24, 2.45) is 0 Å². The standard InChI is InChI=1S/C17H15Cl2N3O2S/c1-8-9(2)25-16-15(8)17(24)22(10(3)20-16)7-14(23)21-13-6-11(18)4-5-12(13)19/h4-6H,7H2,1-3H3,(H,21,23). The van der Waals surface area contributed by atoms with Gasteiger partial charge in [0.15, 0.2) is 0 Å². The third kappa shape index (κ3) is 3.42. The van der Waals surface area contributed by atoms with E-state index in [0.717, 1.165) is 10.4 Å². The zero-order valence-electron chi connectivity index (χ0n) is 13.8. The third-order valence-electron chi connectivity index (χ3n) is 3.98. The molecule has 130 valence electrons. The zero-order valence-corrected chi connectivity index (χ0v) is 16.1. The highest BCUT2D eigenvalue weighted by atomic mass is 35.5. The molecule has 0 unspecified atom stereocenters. The maximum Gasteiger partial charge on any atom is 0.263 e. The van der Waals surface area contributed by atoms with Gasteiger partial charge in [0.25, 0.3) is 5.56 Å². The molecule has 0 aliphatic heterocycles. The van der Waals surface area contributed by atoms with Gasteiger partial charge in [-0.15, -0.1) is 11.3 Å². The van der Waals surface area contributed by atoms with Gasteiger partial charge in [0.1, 0.15) is 17.2 Å². The van der Waals surface area contributed by atoms with E-state index in [-0.39, 0.29) is 18.0 Å². The van der Waals surface area contributed by atoms with E-state index in [0.29, 0.717) is 31.8 Å². The molecule has 0 spiro atoms. The number of carbonyl (C=O) groups is 1. The normalized spacial score (nSPS) is 11.1. The molecule has 0 saturated carbocycles. The molecule has 0 fully saturated rings. The number of rotatable bonds is 3. The first kappa shape index (κ1) is 17.9. The molecule has 0 aliphatic rings. The van der Waals surface area contributed by atoms with Crippen LogP contribution in [0.2, 0.25) is 10.0 Å². The number of hydrogen-bond donors (Lipinski definition) is 1. The van der Waals surface area contributed by atoms with Crippen molar-refractivity contribution < 1.29 is 4.79 Å². The molecule has 1 N–H and O–H groups in total. The lowest BCUT2D eigenvalue weighted by Crippen LogP contribution is -2.30.